The SMILES string of the molecule is Nc1cc(C(=O)Nc2c(Cl)cc(Br)cc2Cl)c(Cl)cn1. The number of nitrogens with one attached hydrogen (secondary N) is 1. The Morgan fingerprint density at radius 2 is 1.75 bits per heavy atom. The average molecular weight is 395 g/mol. The van der Waals surface area contributed by atoms with Gasteiger partial charge in [-0.05, 0) is 18.2 Å². The third-order valence-corrected chi connectivity index (χ3v) is 3.72. The number of hydrogen-bond donors (Lipinski definition) is 2. The van der Waals surface area contributed by atoms with Gasteiger partial charge in [-0.3, -0.25) is 4.79 Å². The minimum Gasteiger partial charge on any atom is -0.384 e. The molecule has 0 bridgehead atoms. The van der Waals surface area contributed by atoms with E-state index in [-0.39, 0.29) is 16.4 Å². The van der Waals surface area contributed by atoms with Crippen LogP contribution < -0.4 is 11.1 Å². The van der Waals surface area contributed by atoms with Gasteiger partial charge in [-0.25, -0.2) is 4.98 Å². The van der Waals surface area contributed by atoms with E-state index in [4.69, 9.17) is 40.5 Å². The number of nitrogens with zero attached hydrogens (tertiary/aromatic N) is 1. The zero-order valence-electron chi connectivity index (χ0n) is 9.75. The predicted molar refractivity (Wildman–Crippen MR) is 85.8 cm³/mol. The zero-order valence-corrected chi connectivity index (χ0v) is 13.6. The number of carbonyl (C=O) groups excluding carboxylic acids is 1. The molecule has 0 unspecified atom stereocenters. The lowest BCUT2D eigenvalue weighted by Crippen LogP contribution is -2.14. The van der Waals surface area contributed by atoms with Gasteiger partial charge in [0.15, 0.2) is 0 Å². The summed E-state index contributed by atoms with van der Waals surface area (Å²) < 4.78 is 0.705. The van der Waals surface area contributed by atoms with E-state index >= 15 is 0 Å². The third kappa shape index (κ3) is 3.35. The van der Waals surface area contributed by atoms with Crippen LogP contribution >= 0.6 is 50.7 Å². The van der Waals surface area contributed by atoms with Gasteiger partial charge in [-0.1, -0.05) is 50.7 Å². The summed E-state index contributed by atoms with van der Waals surface area (Å²) in [6, 6.07) is 4.61. The Hall–Kier alpha value is -1.01. The highest BCUT2D eigenvalue weighted by Gasteiger charge is 2.15. The van der Waals surface area contributed by atoms with Crippen LogP contribution in [-0.4, -0.2) is 10.9 Å². The molecule has 1 aromatic carbocycles. The number of benzene rings is 1. The molecular weight excluding hydrogens is 388 g/mol. The molecule has 20 heavy (non-hydrogen) atoms. The van der Waals surface area contributed by atoms with Gasteiger partial charge in [0, 0.05) is 10.7 Å². The van der Waals surface area contributed by atoms with Crippen molar-refractivity contribution in [2.45, 2.75) is 0 Å². The Labute approximate surface area is 138 Å². The van der Waals surface area contributed by atoms with Crippen molar-refractivity contribution < 1.29 is 4.79 Å². The van der Waals surface area contributed by atoms with Crippen LogP contribution in [0.1, 0.15) is 10.4 Å². The van der Waals surface area contributed by atoms with Crippen molar-refractivity contribution in [3.8, 4) is 0 Å². The fourth-order valence-electron chi connectivity index (χ4n) is 1.47. The molecule has 104 valence electrons. The largest absolute Gasteiger partial charge is 0.384 e. The van der Waals surface area contributed by atoms with Crippen molar-refractivity contribution in [3.05, 3.63) is 49.5 Å². The molecule has 0 aliphatic carbocycles. The van der Waals surface area contributed by atoms with Gasteiger partial charge >= 0.3 is 0 Å². The summed E-state index contributed by atoms with van der Waals surface area (Å²) in [5.41, 5.74) is 6.02. The molecule has 4 nitrogen and oxygen atoms in total. The zero-order chi connectivity index (χ0) is 14.9. The van der Waals surface area contributed by atoms with Crippen LogP contribution in [0.5, 0.6) is 0 Å². The second-order valence-corrected chi connectivity index (χ2v) is 5.92. The molecule has 1 amide bonds. The van der Waals surface area contributed by atoms with Crippen LogP contribution in [0.15, 0.2) is 28.9 Å². The van der Waals surface area contributed by atoms with Crippen molar-refractivity contribution in [2.24, 2.45) is 0 Å². The number of nitrogen functional groups attached to an aromatic ring is 1. The normalized spacial score (nSPS) is 10.4. The van der Waals surface area contributed by atoms with Gasteiger partial charge in [-0.15, -0.1) is 0 Å². The van der Waals surface area contributed by atoms with Crippen molar-refractivity contribution >= 4 is 68.1 Å². The lowest BCUT2D eigenvalue weighted by atomic mass is 10.2. The topological polar surface area (TPSA) is 68.0 Å². The fraction of sp³-hybridized carbons (Fsp3) is 0. The van der Waals surface area contributed by atoms with Gasteiger partial charge in [0.05, 0.1) is 26.3 Å². The van der Waals surface area contributed by atoms with Gasteiger partial charge in [-0.2, -0.15) is 0 Å². The molecule has 0 aliphatic rings. The van der Waals surface area contributed by atoms with Gasteiger partial charge in [0.1, 0.15) is 5.82 Å². The van der Waals surface area contributed by atoms with Crippen molar-refractivity contribution in [2.75, 3.05) is 11.1 Å². The first-order valence-electron chi connectivity index (χ1n) is 5.25. The molecular formula is C12H7BrCl3N3O. The first-order valence-corrected chi connectivity index (χ1v) is 7.18. The standard InChI is InChI=1S/C12H7BrCl3N3O/c13-5-1-7(14)11(8(15)2-5)19-12(20)6-3-10(17)18-4-9(6)16/h1-4H,(H2,17,18)(H,19,20). The Morgan fingerprint density at radius 1 is 1.15 bits per heavy atom. The molecule has 1 aromatic heterocycles. The van der Waals surface area contributed by atoms with E-state index < -0.39 is 5.91 Å². The number of hydrogen-bond acceptors (Lipinski definition) is 3. The van der Waals surface area contributed by atoms with Crippen LogP contribution in [-0.2, 0) is 0 Å². The Bertz CT molecular complexity index is 671. The Morgan fingerprint density at radius 3 is 2.35 bits per heavy atom. The maximum absolute atomic E-state index is 12.2. The van der Waals surface area contributed by atoms with Crippen molar-refractivity contribution in [1.29, 1.82) is 0 Å². The highest BCUT2D eigenvalue weighted by molar-refractivity contribution is 9.10. The molecule has 0 saturated heterocycles. The average Bonchev–Trinajstić information content (AvgIpc) is 2.36. The summed E-state index contributed by atoms with van der Waals surface area (Å²) in [6.07, 6.45) is 1.30. The van der Waals surface area contributed by atoms with Crippen LogP contribution in [0, 0.1) is 0 Å². The predicted octanol–water partition coefficient (Wildman–Crippen LogP) is 4.64. The number of halogens is 4. The minimum atomic E-state index is -0.477. The van der Waals surface area contributed by atoms with Crippen LogP contribution in [0.25, 0.3) is 0 Å². The summed E-state index contributed by atoms with van der Waals surface area (Å²) in [4.78, 5) is 16.0. The number of carbonyl (C=O) groups is 1. The number of amides is 1. The summed E-state index contributed by atoms with van der Waals surface area (Å²) >= 11 is 21.2. The summed E-state index contributed by atoms with van der Waals surface area (Å²) in [5.74, 6) is -0.289. The van der Waals surface area contributed by atoms with Crippen LogP contribution in [0.4, 0.5) is 11.5 Å². The minimum absolute atomic E-state index is 0.182. The quantitative estimate of drug-likeness (QED) is 0.778. The third-order valence-electron chi connectivity index (χ3n) is 2.37. The van der Waals surface area contributed by atoms with Gasteiger partial charge < -0.3 is 11.1 Å². The molecule has 2 aromatic rings. The summed E-state index contributed by atoms with van der Waals surface area (Å²) in [5, 5.41) is 3.38. The first-order chi connectivity index (χ1) is 9.38. The van der Waals surface area contributed by atoms with E-state index in [1.807, 2.05) is 0 Å². The molecule has 2 rings (SSSR count). The second-order valence-electron chi connectivity index (χ2n) is 3.79. The van der Waals surface area contributed by atoms with E-state index in [1.54, 1.807) is 12.1 Å². The Kier molecular flexibility index (Phi) is 4.75. The first kappa shape index (κ1) is 15.4. The number of anilines is 2. The molecule has 0 radical (unpaired) electrons. The Balaban J connectivity index is 2.35. The number of aromatic nitrogens is 1. The number of pyridine rings is 1. The second kappa shape index (κ2) is 6.18. The van der Waals surface area contributed by atoms with Crippen molar-refractivity contribution in [3.63, 3.8) is 0 Å². The maximum atomic E-state index is 12.2. The molecule has 0 atom stereocenters. The summed E-state index contributed by atoms with van der Waals surface area (Å²) in [7, 11) is 0. The van der Waals surface area contributed by atoms with Crippen molar-refractivity contribution in [1.82, 2.24) is 4.98 Å². The molecule has 1 heterocycles. The van der Waals surface area contributed by atoms with E-state index in [0.29, 0.717) is 20.2 Å². The van der Waals surface area contributed by atoms with Gasteiger partial charge in [0.2, 0.25) is 0 Å². The monoisotopic (exact) mass is 393 g/mol. The van der Waals surface area contributed by atoms with E-state index in [0.717, 1.165) is 0 Å². The lowest BCUT2D eigenvalue weighted by molar-refractivity contribution is 0.102. The molecule has 0 spiro atoms. The fourth-order valence-corrected chi connectivity index (χ4v) is 2.96. The van der Waals surface area contributed by atoms with Gasteiger partial charge in [0.25, 0.3) is 5.91 Å². The smallest absolute Gasteiger partial charge is 0.257 e. The van der Waals surface area contributed by atoms with Crippen LogP contribution in [0.3, 0.4) is 0 Å². The molecule has 0 aliphatic heterocycles. The van der Waals surface area contributed by atoms with Crippen LogP contribution in [0.2, 0.25) is 15.1 Å². The highest BCUT2D eigenvalue weighted by Crippen LogP contribution is 2.34. The summed E-state index contributed by atoms with van der Waals surface area (Å²) in [6.45, 7) is 0. The number of rotatable bonds is 2. The molecule has 0 fully saturated rings. The van der Waals surface area contributed by atoms with E-state index in [9.17, 15) is 4.79 Å². The maximum Gasteiger partial charge on any atom is 0.257 e. The lowest BCUT2D eigenvalue weighted by Gasteiger charge is -2.11. The molecule has 3 N–H and O–H groups in total. The molecule has 8 heteroatoms. The highest BCUT2D eigenvalue weighted by atomic mass is 79.9. The van der Waals surface area contributed by atoms with E-state index in [1.165, 1.54) is 12.3 Å². The number of nitrogens with two attached hydrogens (primary N) is 1. The molecule has 0 saturated carbocycles. The van der Waals surface area contributed by atoms with E-state index in [2.05, 4.69) is 26.2 Å².